The molecule has 4 nitrogen and oxygen atoms in total. The number of carbonyl (C=O) groups excluding carboxylic acids is 1. The molecule has 0 radical (unpaired) electrons. The van der Waals surface area contributed by atoms with Gasteiger partial charge in [0.05, 0.1) is 7.11 Å². The third-order valence-electron chi connectivity index (χ3n) is 5.45. The summed E-state index contributed by atoms with van der Waals surface area (Å²) in [7, 11) is 1.38. The molecule has 0 aliphatic heterocycles. The average Bonchev–Trinajstić information content (AvgIpc) is 3.15. The third-order valence-corrected chi connectivity index (χ3v) is 5.68. The molecular weight excluding hydrogens is 386 g/mol. The highest BCUT2D eigenvalue weighted by atomic mass is 35.5. The van der Waals surface area contributed by atoms with Crippen molar-refractivity contribution in [1.29, 1.82) is 0 Å². The maximum atomic E-state index is 11.3. The van der Waals surface area contributed by atoms with Crippen LogP contribution in [0.1, 0.15) is 41.1 Å². The standard InChI is InChI=1S/C24H28ClNO3/c1-29-24(28)11-7-19-6-9-22-20(16-19)8-10-23(22)26(13-3-15-27)14-12-18-4-2-5-21(25)17-18/h2,4-7,9,11,16-17,23,27H,3,8,10,12-15H2,1H3/b11-7+. The van der Waals surface area contributed by atoms with Crippen LogP contribution >= 0.6 is 11.6 Å². The van der Waals surface area contributed by atoms with Crippen molar-refractivity contribution in [1.82, 2.24) is 4.90 Å². The highest BCUT2D eigenvalue weighted by Gasteiger charge is 2.27. The van der Waals surface area contributed by atoms with Crippen LogP contribution in [0.15, 0.2) is 48.5 Å². The molecule has 1 aliphatic rings. The normalized spacial score (nSPS) is 15.8. The zero-order valence-electron chi connectivity index (χ0n) is 16.8. The molecule has 2 aromatic carbocycles. The monoisotopic (exact) mass is 413 g/mol. The Morgan fingerprint density at radius 1 is 1.28 bits per heavy atom. The molecule has 0 saturated heterocycles. The summed E-state index contributed by atoms with van der Waals surface area (Å²) in [4.78, 5) is 13.8. The lowest BCUT2D eigenvalue weighted by Crippen LogP contribution is -2.31. The molecule has 29 heavy (non-hydrogen) atoms. The van der Waals surface area contributed by atoms with Crippen LogP contribution in [0.5, 0.6) is 0 Å². The molecule has 0 heterocycles. The lowest BCUT2D eigenvalue weighted by molar-refractivity contribution is -0.134. The molecule has 0 aromatic heterocycles. The molecule has 0 bridgehead atoms. The van der Waals surface area contributed by atoms with Gasteiger partial charge in [0.1, 0.15) is 0 Å². The maximum absolute atomic E-state index is 11.3. The van der Waals surface area contributed by atoms with Gasteiger partial charge in [-0.2, -0.15) is 0 Å². The van der Waals surface area contributed by atoms with Crippen LogP contribution in [0.2, 0.25) is 5.02 Å². The van der Waals surface area contributed by atoms with Gasteiger partial charge in [0, 0.05) is 36.8 Å². The molecular formula is C24H28ClNO3. The number of rotatable bonds is 9. The van der Waals surface area contributed by atoms with Crippen LogP contribution in [-0.4, -0.2) is 42.8 Å². The number of benzene rings is 2. The molecule has 0 saturated carbocycles. The minimum absolute atomic E-state index is 0.199. The van der Waals surface area contributed by atoms with Crippen molar-refractivity contribution in [2.24, 2.45) is 0 Å². The zero-order valence-corrected chi connectivity index (χ0v) is 17.6. The van der Waals surface area contributed by atoms with E-state index in [9.17, 15) is 9.90 Å². The topological polar surface area (TPSA) is 49.8 Å². The molecule has 1 unspecified atom stereocenters. The average molecular weight is 414 g/mol. The van der Waals surface area contributed by atoms with Crippen molar-refractivity contribution in [2.75, 3.05) is 26.8 Å². The number of fused-ring (bicyclic) bond motifs is 1. The first kappa shape index (κ1) is 21.6. The second kappa shape index (κ2) is 10.6. The van der Waals surface area contributed by atoms with Crippen molar-refractivity contribution in [3.05, 3.63) is 75.8 Å². The van der Waals surface area contributed by atoms with Crippen molar-refractivity contribution in [2.45, 2.75) is 31.7 Å². The number of ether oxygens (including phenoxy) is 1. The number of methoxy groups -OCH3 is 1. The van der Waals surface area contributed by atoms with Crippen molar-refractivity contribution in [3.63, 3.8) is 0 Å². The summed E-state index contributed by atoms with van der Waals surface area (Å²) in [6, 6.07) is 14.8. The van der Waals surface area contributed by atoms with Crippen molar-refractivity contribution < 1.29 is 14.6 Å². The fraction of sp³-hybridized carbons (Fsp3) is 0.375. The number of hydrogen-bond acceptors (Lipinski definition) is 4. The van der Waals surface area contributed by atoms with E-state index in [1.165, 1.54) is 29.9 Å². The molecule has 0 fully saturated rings. The van der Waals surface area contributed by atoms with Crippen molar-refractivity contribution in [3.8, 4) is 0 Å². The first-order chi connectivity index (χ1) is 14.1. The summed E-state index contributed by atoms with van der Waals surface area (Å²) in [5, 5.41) is 10.1. The predicted molar refractivity (Wildman–Crippen MR) is 117 cm³/mol. The highest BCUT2D eigenvalue weighted by molar-refractivity contribution is 6.30. The predicted octanol–water partition coefficient (Wildman–Crippen LogP) is 4.44. The summed E-state index contributed by atoms with van der Waals surface area (Å²) >= 11 is 6.13. The Morgan fingerprint density at radius 2 is 2.14 bits per heavy atom. The number of aryl methyl sites for hydroxylation is 1. The van der Waals surface area contributed by atoms with E-state index in [1.807, 2.05) is 18.2 Å². The number of esters is 1. The van der Waals surface area contributed by atoms with Gasteiger partial charge in [-0.15, -0.1) is 0 Å². The van der Waals surface area contributed by atoms with Crippen molar-refractivity contribution >= 4 is 23.6 Å². The van der Waals surface area contributed by atoms with Crippen LogP contribution < -0.4 is 0 Å². The number of nitrogens with zero attached hydrogens (tertiary/aromatic N) is 1. The second-order valence-electron chi connectivity index (χ2n) is 7.36. The quantitative estimate of drug-likeness (QED) is 0.487. The van der Waals surface area contributed by atoms with Gasteiger partial charge >= 0.3 is 5.97 Å². The van der Waals surface area contributed by atoms with Gasteiger partial charge in [-0.3, -0.25) is 4.90 Å². The Hall–Kier alpha value is -2.14. The molecule has 3 rings (SSSR count). The van der Waals surface area contributed by atoms with E-state index in [2.05, 4.69) is 33.9 Å². The van der Waals surface area contributed by atoms with Crippen LogP contribution in [0, 0.1) is 0 Å². The summed E-state index contributed by atoms with van der Waals surface area (Å²) in [5.41, 5.74) is 4.92. The van der Waals surface area contributed by atoms with Crippen LogP contribution in [0.3, 0.4) is 0 Å². The Kier molecular flexibility index (Phi) is 7.87. The van der Waals surface area contributed by atoms with Gasteiger partial charge in [0.15, 0.2) is 0 Å². The van der Waals surface area contributed by atoms with E-state index in [1.54, 1.807) is 6.08 Å². The fourth-order valence-corrected chi connectivity index (χ4v) is 4.21. The molecule has 2 aromatic rings. The Balaban J connectivity index is 1.73. The molecule has 1 atom stereocenters. The maximum Gasteiger partial charge on any atom is 0.330 e. The van der Waals surface area contributed by atoms with Gasteiger partial charge in [0.2, 0.25) is 0 Å². The van der Waals surface area contributed by atoms with E-state index in [4.69, 9.17) is 11.6 Å². The lowest BCUT2D eigenvalue weighted by Gasteiger charge is -2.29. The Morgan fingerprint density at radius 3 is 2.90 bits per heavy atom. The zero-order chi connectivity index (χ0) is 20.6. The van der Waals surface area contributed by atoms with Crippen LogP contribution in [0.25, 0.3) is 6.08 Å². The third kappa shape index (κ3) is 5.92. The number of hydrogen-bond donors (Lipinski definition) is 1. The van der Waals surface area contributed by atoms with Gasteiger partial charge in [-0.1, -0.05) is 41.9 Å². The fourth-order valence-electron chi connectivity index (χ4n) is 3.99. The minimum Gasteiger partial charge on any atom is -0.466 e. The summed E-state index contributed by atoms with van der Waals surface area (Å²) in [6.07, 6.45) is 7.03. The minimum atomic E-state index is -0.348. The van der Waals surface area contributed by atoms with E-state index in [0.29, 0.717) is 6.04 Å². The van der Waals surface area contributed by atoms with Gasteiger partial charge in [0.25, 0.3) is 0 Å². The number of aliphatic hydroxyl groups is 1. The smallest absolute Gasteiger partial charge is 0.330 e. The first-order valence-electron chi connectivity index (χ1n) is 10.1. The van der Waals surface area contributed by atoms with E-state index < -0.39 is 0 Å². The van der Waals surface area contributed by atoms with Gasteiger partial charge < -0.3 is 9.84 Å². The summed E-state index contributed by atoms with van der Waals surface area (Å²) in [5.74, 6) is -0.348. The molecule has 1 aliphatic carbocycles. The lowest BCUT2D eigenvalue weighted by atomic mass is 10.0. The van der Waals surface area contributed by atoms with E-state index in [0.717, 1.165) is 49.4 Å². The van der Waals surface area contributed by atoms with E-state index in [-0.39, 0.29) is 12.6 Å². The Bertz CT molecular complexity index is 865. The molecule has 154 valence electrons. The number of halogens is 1. The van der Waals surface area contributed by atoms with E-state index >= 15 is 0 Å². The molecule has 5 heteroatoms. The SMILES string of the molecule is COC(=O)/C=C/c1ccc2c(c1)CCC2N(CCCO)CCc1cccc(Cl)c1. The molecule has 1 N–H and O–H groups in total. The van der Waals surface area contributed by atoms with Crippen LogP contribution in [-0.2, 0) is 22.4 Å². The van der Waals surface area contributed by atoms with Gasteiger partial charge in [-0.05, 0) is 66.1 Å². The summed E-state index contributed by atoms with van der Waals surface area (Å²) < 4.78 is 4.66. The number of aliphatic hydroxyl groups excluding tert-OH is 1. The Labute approximate surface area is 177 Å². The number of carbonyl (C=O) groups is 1. The highest BCUT2D eigenvalue weighted by Crippen LogP contribution is 2.36. The van der Waals surface area contributed by atoms with Gasteiger partial charge in [-0.25, -0.2) is 4.79 Å². The van der Waals surface area contributed by atoms with Crippen LogP contribution in [0.4, 0.5) is 0 Å². The first-order valence-corrected chi connectivity index (χ1v) is 10.5. The second-order valence-corrected chi connectivity index (χ2v) is 7.80. The largest absolute Gasteiger partial charge is 0.466 e. The molecule has 0 amide bonds. The summed E-state index contributed by atoms with van der Waals surface area (Å²) in [6.45, 7) is 1.99. The molecule has 0 spiro atoms.